The molecule has 14 heavy (non-hydrogen) atoms. The summed E-state index contributed by atoms with van der Waals surface area (Å²) in [5.74, 6) is 1.19. The van der Waals surface area contributed by atoms with Crippen LogP contribution in [0.3, 0.4) is 0 Å². The molecule has 2 N–H and O–H groups in total. The van der Waals surface area contributed by atoms with Crippen LogP contribution in [-0.4, -0.2) is 41.8 Å². The fourth-order valence-electron chi connectivity index (χ4n) is 1.01. The maximum absolute atomic E-state index is 11.4. The number of hydrogen-bond donors (Lipinski definition) is 2. The van der Waals surface area contributed by atoms with Crippen LogP contribution in [0.2, 0.25) is 0 Å². The van der Waals surface area contributed by atoms with Crippen molar-refractivity contribution in [1.29, 1.82) is 0 Å². The first kappa shape index (κ1) is 13.6. The second-order valence-electron chi connectivity index (χ2n) is 3.18. The zero-order chi connectivity index (χ0) is 11.0. The molecule has 0 fully saturated rings. The number of amides is 1. The Bertz CT molecular complexity index is 197. The van der Waals surface area contributed by atoms with Crippen LogP contribution in [0.15, 0.2) is 0 Å². The highest BCUT2D eigenvalue weighted by Gasteiger charge is 2.10. The van der Waals surface area contributed by atoms with Crippen molar-refractivity contribution in [3.05, 3.63) is 0 Å². The summed E-state index contributed by atoms with van der Waals surface area (Å²) in [6, 6.07) is 0. The number of carbonyl (C=O) groups is 1. The molecule has 0 aliphatic carbocycles. The van der Waals surface area contributed by atoms with E-state index in [2.05, 4.69) is 10.6 Å². The van der Waals surface area contributed by atoms with E-state index in [1.807, 2.05) is 20.9 Å². The number of nitrogens with one attached hydrogen (secondary N) is 2. The highest BCUT2D eigenvalue weighted by molar-refractivity contribution is 7.84. The molecule has 0 heterocycles. The quantitative estimate of drug-likeness (QED) is 0.621. The lowest BCUT2D eigenvalue weighted by atomic mass is 10.1. The van der Waals surface area contributed by atoms with E-state index in [9.17, 15) is 9.00 Å². The molecule has 2 unspecified atom stereocenters. The van der Waals surface area contributed by atoms with Gasteiger partial charge in [0.05, 0.1) is 0 Å². The zero-order valence-electron chi connectivity index (χ0n) is 9.13. The highest BCUT2D eigenvalue weighted by Crippen LogP contribution is 1.91. The Morgan fingerprint density at radius 3 is 2.64 bits per heavy atom. The largest absolute Gasteiger partial charge is 0.355 e. The number of rotatable bonds is 7. The smallest absolute Gasteiger partial charge is 0.224 e. The van der Waals surface area contributed by atoms with Crippen LogP contribution in [0.25, 0.3) is 0 Å². The predicted molar refractivity (Wildman–Crippen MR) is 59.7 cm³/mol. The van der Waals surface area contributed by atoms with Gasteiger partial charge in [-0.05, 0) is 7.05 Å². The summed E-state index contributed by atoms with van der Waals surface area (Å²) in [4.78, 5) is 11.4. The Balaban J connectivity index is 3.58. The molecule has 2 atom stereocenters. The molecular formula is C9H20N2O2S. The van der Waals surface area contributed by atoms with Gasteiger partial charge >= 0.3 is 0 Å². The summed E-state index contributed by atoms with van der Waals surface area (Å²) in [6.45, 7) is 4.92. The van der Waals surface area contributed by atoms with Crippen molar-refractivity contribution in [1.82, 2.24) is 10.6 Å². The SMILES string of the molecule is CCS(=O)CCNC(=O)C(C)CNC. The van der Waals surface area contributed by atoms with Crippen LogP contribution in [0.5, 0.6) is 0 Å². The monoisotopic (exact) mass is 220 g/mol. The van der Waals surface area contributed by atoms with Gasteiger partial charge in [-0.2, -0.15) is 0 Å². The van der Waals surface area contributed by atoms with Crippen molar-refractivity contribution in [2.45, 2.75) is 13.8 Å². The zero-order valence-corrected chi connectivity index (χ0v) is 9.95. The standard InChI is InChI=1S/C9H20N2O2S/c1-4-14(13)6-5-11-9(12)8(2)7-10-3/h8,10H,4-7H2,1-3H3,(H,11,12). The van der Waals surface area contributed by atoms with Crippen molar-refractivity contribution in [2.75, 3.05) is 31.6 Å². The first-order chi connectivity index (χ1) is 6.61. The first-order valence-corrected chi connectivity index (χ1v) is 6.37. The fourth-order valence-corrected chi connectivity index (χ4v) is 1.62. The summed E-state index contributed by atoms with van der Waals surface area (Å²) < 4.78 is 11.0. The van der Waals surface area contributed by atoms with E-state index in [1.54, 1.807) is 0 Å². The van der Waals surface area contributed by atoms with Crippen LogP contribution < -0.4 is 10.6 Å². The van der Waals surface area contributed by atoms with Gasteiger partial charge in [0.2, 0.25) is 5.91 Å². The van der Waals surface area contributed by atoms with Crippen molar-refractivity contribution in [2.24, 2.45) is 5.92 Å². The summed E-state index contributed by atoms with van der Waals surface area (Å²) in [7, 11) is 1.02. The number of hydrogen-bond acceptors (Lipinski definition) is 3. The van der Waals surface area contributed by atoms with E-state index < -0.39 is 10.8 Å². The molecule has 0 aliphatic heterocycles. The molecular weight excluding hydrogens is 200 g/mol. The van der Waals surface area contributed by atoms with E-state index in [1.165, 1.54) is 0 Å². The lowest BCUT2D eigenvalue weighted by Gasteiger charge is -2.10. The topological polar surface area (TPSA) is 58.2 Å². The van der Waals surface area contributed by atoms with Gasteiger partial charge < -0.3 is 10.6 Å². The normalized spacial score (nSPS) is 14.8. The van der Waals surface area contributed by atoms with Gasteiger partial charge in [0.15, 0.2) is 0 Å². The van der Waals surface area contributed by atoms with Gasteiger partial charge in [0, 0.05) is 41.3 Å². The van der Waals surface area contributed by atoms with Gasteiger partial charge in [-0.1, -0.05) is 13.8 Å². The van der Waals surface area contributed by atoms with E-state index in [0.717, 1.165) is 0 Å². The third kappa shape index (κ3) is 6.10. The average molecular weight is 220 g/mol. The molecule has 1 amide bonds. The Hall–Kier alpha value is -0.420. The minimum Gasteiger partial charge on any atom is -0.355 e. The van der Waals surface area contributed by atoms with Crippen LogP contribution in [0, 0.1) is 5.92 Å². The Morgan fingerprint density at radius 2 is 2.14 bits per heavy atom. The molecule has 0 bridgehead atoms. The molecule has 0 saturated heterocycles. The summed E-state index contributed by atoms with van der Waals surface area (Å²) in [5, 5.41) is 5.70. The van der Waals surface area contributed by atoms with Crippen LogP contribution in [0.4, 0.5) is 0 Å². The molecule has 0 saturated carbocycles. The predicted octanol–water partition coefficient (Wildman–Crippen LogP) is -0.273. The minimum atomic E-state index is -0.791. The highest BCUT2D eigenvalue weighted by atomic mass is 32.2. The molecule has 0 aromatic rings. The minimum absolute atomic E-state index is 0.0208. The van der Waals surface area contributed by atoms with Crippen molar-refractivity contribution in [3.8, 4) is 0 Å². The second-order valence-corrected chi connectivity index (χ2v) is 5.05. The van der Waals surface area contributed by atoms with Crippen molar-refractivity contribution >= 4 is 16.7 Å². The maximum atomic E-state index is 11.4. The van der Waals surface area contributed by atoms with Gasteiger partial charge in [-0.15, -0.1) is 0 Å². The van der Waals surface area contributed by atoms with Crippen molar-refractivity contribution in [3.63, 3.8) is 0 Å². The maximum Gasteiger partial charge on any atom is 0.224 e. The Labute approximate surface area is 88.3 Å². The first-order valence-electron chi connectivity index (χ1n) is 4.89. The average Bonchev–Trinajstić information content (AvgIpc) is 2.17. The summed E-state index contributed by atoms with van der Waals surface area (Å²) in [5.41, 5.74) is 0. The molecule has 0 rings (SSSR count). The molecule has 0 aliphatic rings. The summed E-state index contributed by atoms with van der Waals surface area (Å²) >= 11 is 0. The number of carbonyl (C=O) groups excluding carboxylic acids is 1. The third-order valence-corrected chi connectivity index (χ3v) is 3.21. The molecule has 84 valence electrons. The van der Waals surface area contributed by atoms with Crippen LogP contribution in [-0.2, 0) is 15.6 Å². The lowest BCUT2D eigenvalue weighted by molar-refractivity contribution is -0.124. The van der Waals surface area contributed by atoms with Gasteiger partial charge in [0.1, 0.15) is 0 Å². The third-order valence-electron chi connectivity index (χ3n) is 1.91. The lowest BCUT2D eigenvalue weighted by Crippen LogP contribution is -2.36. The van der Waals surface area contributed by atoms with Crippen LogP contribution in [0.1, 0.15) is 13.8 Å². The van der Waals surface area contributed by atoms with E-state index in [-0.39, 0.29) is 11.8 Å². The molecule has 0 aromatic heterocycles. The fraction of sp³-hybridized carbons (Fsp3) is 0.889. The van der Waals surface area contributed by atoms with Gasteiger partial charge in [-0.3, -0.25) is 9.00 Å². The summed E-state index contributed by atoms with van der Waals surface area (Å²) in [6.07, 6.45) is 0. The molecule has 5 heteroatoms. The van der Waals surface area contributed by atoms with E-state index in [4.69, 9.17) is 0 Å². The second kappa shape index (κ2) is 7.94. The molecule has 0 radical (unpaired) electrons. The van der Waals surface area contributed by atoms with Gasteiger partial charge in [0.25, 0.3) is 0 Å². The van der Waals surface area contributed by atoms with Gasteiger partial charge in [-0.25, -0.2) is 0 Å². The van der Waals surface area contributed by atoms with Crippen molar-refractivity contribution < 1.29 is 9.00 Å². The van der Waals surface area contributed by atoms with Crippen LogP contribution >= 0.6 is 0 Å². The Morgan fingerprint density at radius 1 is 1.50 bits per heavy atom. The molecule has 0 spiro atoms. The Kier molecular flexibility index (Phi) is 7.70. The molecule has 0 aromatic carbocycles. The molecule has 4 nitrogen and oxygen atoms in total. The van der Waals surface area contributed by atoms with E-state index in [0.29, 0.717) is 24.6 Å². The van der Waals surface area contributed by atoms with E-state index >= 15 is 0 Å².